The first-order valence-electron chi connectivity index (χ1n) is 7.11. The minimum absolute atomic E-state index is 0.341. The van der Waals surface area contributed by atoms with Crippen molar-refractivity contribution in [3.8, 4) is 6.07 Å². The summed E-state index contributed by atoms with van der Waals surface area (Å²) in [5, 5.41) is 14.8. The summed E-state index contributed by atoms with van der Waals surface area (Å²) < 4.78 is 0. The first kappa shape index (κ1) is 15.4. The number of para-hydroxylation sites is 1. The van der Waals surface area contributed by atoms with Crippen molar-refractivity contribution in [3.63, 3.8) is 0 Å². The standard InChI is InChI=1S/C16H17N5O/c1-2-3-8-18-16-19-10-13(11-20-16)15(22)21-14-7-5-4-6-12(14)9-17/h4-7,10-11H,2-3,8H2,1H3,(H,21,22)(H,18,19,20). The second-order valence-corrected chi connectivity index (χ2v) is 4.69. The number of carbonyl (C=O) groups is 1. The van der Waals surface area contributed by atoms with Crippen LogP contribution in [-0.4, -0.2) is 22.4 Å². The van der Waals surface area contributed by atoms with Crippen molar-refractivity contribution in [3.05, 3.63) is 47.8 Å². The molecule has 0 atom stereocenters. The minimum atomic E-state index is -0.345. The van der Waals surface area contributed by atoms with Crippen LogP contribution in [0.3, 0.4) is 0 Å². The van der Waals surface area contributed by atoms with Crippen LogP contribution >= 0.6 is 0 Å². The third-order valence-corrected chi connectivity index (χ3v) is 3.02. The third kappa shape index (κ3) is 4.03. The molecule has 0 fully saturated rings. The molecule has 1 aromatic heterocycles. The lowest BCUT2D eigenvalue weighted by atomic mass is 10.2. The van der Waals surface area contributed by atoms with Gasteiger partial charge in [0.1, 0.15) is 6.07 Å². The Morgan fingerprint density at radius 3 is 2.68 bits per heavy atom. The lowest BCUT2D eigenvalue weighted by molar-refractivity contribution is 0.102. The van der Waals surface area contributed by atoms with Crippen LogP contribution in [0.2, 0.25) is 0 Å². The molecule has 22 heavy (non-hydrogen) atoms. The fraction of sp³-hybridized carbons (Fsp3) is 0.250. The molecule has 0 aliphatic heterocycles. The number of carbonyl (C=O) groups excluding carboxylic acids is 1. The quantitative estimate of drug-likeness (QED) is 0.800. The second kappa shape index (κ2) is 7.74. The second-order valence-electron chi connectivity index (χ2n) is 4.69. The number of nitrogens with one attached hydrogen (secondary N) is 2. The van der Waals surface area contributed by atoms with Crippen LogP contribution < -0.4 is 10.6 Å². The van der Waals surface area contributed by atoms with Crippen LogP contribution in [0.25, 0.3) is 0 Å². The summed E-state index contributed by atoms with van der Waals surface area (Å²) in [6.45, 7) is 2.91. The van der Waals surface area contributed by atoms with Crippen LogP contribution in [0, 0.1) is 11.3 Å². The number of unbranched alkanes of at least 4 members (excludes halogenated alkanes) is 1. The Balaban J connectivity index is 2.02. The Bertz CT molecular complexity index is 676. The summed E-state index contributed by atoms with van der Waals surface area (Å²) in [5.41, 5.74) is 1.23. The van der Waals surface area contributed by atoms with Crippen LogP contribution in [-0.2, 0) is 0 Å². The summed E-state index contributed by atoms with van der Waals surface area (Å²) in [7, 11) is 0. The molecule has 2 rings (SSSR count). The van der Waals surface area contributed by atoms with Crippen molar-refractivity contribution in [1.82, 2.24) is 9.97 Å². The van der Waals surface area contributed by atoms with Gasteiger partial charge in [-0.15, -0.1) is 0 Å². The number of nitrogens with zero attached hydrogens (tertiary/aromatic N) is 3. The number of aromatic nitrogens is 2. The van der Waals surface area contributed by atoms with E-state index in [1.165, 1.54) is 12.4 Å². The van der Waals surface area contributed by atoms with E-state index in [-0.39, 0.29) is 5.91 Å². The predicted octanol–water partition coefficient (Wildman–Crippen LogP) is 2.81. The molecule has 6 nitrogen and oxygen atoms in total. The summed E-state index contributed by atoms with van der Waals surface area (Å²) in [6.07, 6.45) is 5.06. The van der Waals surface area contributed by atoms with Gasteiger partial charge in [0.15, 0.2) is 0 Å². The molecule has 0 spiro atoms. The van der Waals surface area contributed by atoms with Crippen molar-refractivity contribution in [2.75, 3.05) is 17.2 Å². The van der Waals surface area contributed by atoms with Crippen molar-refractivity contribution >= 4 is 17.5 Å². The van der Waals surface area contributed by atoms with E-state index in [0.717, 1.165) is 19.4 Å². The molecule has 1 amide bonds. The van der Waals surface area contributed by atoms with Gasteiger partial charge in [0.2, 0.25) is 5.95 Å². The SMILES string of the molecule is CCCCNc1ncc(C(=O)Nc2ccccc2C#N)cn1. The fourth-order valence-electron chi connectivity index (χ4n) is 1.80. The van der Waals surface area contributed by atoms with Gasteiger partial charge in [-0.2, -0.15) is 5.26 Å². The Kier molecular flexibility index (Phi) is 5.44. The Morgan fingerprint density at radius 1 is 1.27 bits per heavy atom. The molecule has 0 aliphatic rings. The van der Waals surface area contributed by atoms with E-state index >= 15 is 0 Å². The Hall–Kier alpha value is -2.94. The summed E-state index contributed by atoms with van der Waals surface area (Å²) in [5.74, 6) is 0.158. The van der Waals surface area contributed by atoms with Gasteiger partial charge in [0.05, 0.1) is 16.8 Å². The van der Waals surface area contributed by atoms with E-state index in [9.17, 15) is 4.79 Å². The number of anilines is 2. The van der Waals surface area contributed by atoms with Crippen LogP contribution in [0.4, 0.5) is 11.6 Å². The molecule has 0 saturated heterocycles. The van der Waals surface area contributed by atoms with Gasteiger partial charge in [-0.3, -0.25) is 4.79 Å². The minimum Gasteiger partial charge on any atom is -0.354 e. The Labute approximate surface area is 129 Å². The van der Waals surface area contributed by atoms with Gasteiger partial charge in [0.25, 0.3) is 5.91 Å². The van der Waals surface area contributed by atoms with Gasteiger partial charge in [-0.1, -0.05) is 25.5 Å². The largest absolute Gasteiger partial charge is 0.354 e. The maximum Gasteiger partial charge on any atom is 0.258 e. The highest BCUT2D eigenvalue weighted by Gasteiger charge is 2.10. The molecule has 0 saturated carbocycles. The summed E-state index contributed by atoms with van der Waals surface area (Å²) >= 11 is 0. The number of hydrogen-bond donors (Lipinski definition) is 2. The van der Waals surface area contributed by atoms with Gasteiger partial charge >= 0.3 is 0 Å². The predicted molar refractivity (Wildman–Crippen MR) is 84.5 cm³/mol. The molecule has 0 radical (unpaired) electrons. The first-order chi connectivity index (χ1) is 10.7. The van der Waals surface area contributed by atoms with Crippen LogP contribution in [0.1, 0.15) is 35.7 Å². The maximum atomic E-state index is 12.1. The lowest BCUT2D eigenvalue weighted by Crippen LogP contribution is -2.14. The monoisotopic (exact) mass is 295 g/mol. The molecule has 112 valence electrons. The molecule has 2 aromatic rings. The fourth-order valence-corrected chi connectivity index (χ4v) is 1.80. The molecule has 1 heterocycles. The highest BCUT2D eigenvalue weighted by atomic mass is 16.1. The van der Waals surface area contributed by atoms with Gasteiger partial charge < -0.3 is 10.6 Å². The van der Waals surface area contributed by atoms with Crippen LogP contribution in [0.15, 0.2) is 36.7 Å². The molecule has 6 heteroatoms. The first-order valence-corrected chi connectivity index (χ1v) is 7.11. The summed E-state index contributed by atoms with van der Waals surface area (Å²) in [4.78, 5) is 20.3. The summed E-state index contributed by atoms with van der Waals surface area (Å²) in [6, 6.07) is 8.86. The van der Waals surface area contributed by atoms with Gasteiger partial charge in [-0.25, -0.2) is 9.97 Å². The molecule has 0 aliphatic carbocycles. The molecular formula is C16H17N5O. The number of hydrogen-bond acceptors (Lipinski definition) is 5. The number of nitriles is 1. The average molecular weight is 295 g/mol. The average Bonchev–Trinajstić information content (AvgIpc) is 2.56. The Morgan fingerprint density at radius 2 is 2.00 bits per heavy atom. The zero-order chi connectivity index (χ0) is 15.8. The lowest BCUT2D eigenvalue weighted by Gasteiger charge is -2.07. The molecule has 0 bridgehead atoms. The smallest absolute Gasteiger partial charge is 0.258 e. The normalized spacial score (nSPS) is 9.82. The topological polar surface area (TPSA) is 90.7 Å². The highest BCUT2D eigenvalue weighted by molar-refractivity contribution is 6.04. The number of rotatable bonds is 6. The maximum absolute atomic E-state index is 12.1. The van der Waals surface area contributed by atoms with Crippen molar-refractivity contribution in [1.29, 1.82) is 5.26 Å². The highest BCUT2D eigenvalue weighted by Crippen LogP contribution is 2.14. The van der Waals surface area contributed by atoms with E-state index < -0.39 is 0 Å². The van der Waals surface area contributed by atoms with E-state index in [1.54, 1.807) is 24.3 Å². The van der Waals surface area contributed by atoms with E-state index in [2.05, 4.69) is 27.5 Å². The third-order valence-electron chi connectivity index (χ3n) is 3.02. The zero-order valence-corrected chi connectivity index (χ0v) is 12.3. The van der Waals surface area contributed by atoms with E-state index in [4.69, 9.17) is 5.26 Å². The van der Waals surface area contributed by atoms with Gasteiger partial charge in [0, 0.05) is 18.9 Å². The zero-order valence-electron chi connectivity index (χ0n) is 12.3. The van der Waals surface area contributed by atoms with E-state index in [0.29, 0.717) is 22.8 Å². The molecule has 0 unspecified atom stereocenters. The van der Waals surface area contributed by atoms with Crippen molar-refractivity contribution in [2.24, 2.45) is 0 Å². The van der Waals surface area contributed by atoms with Crippen LogP contribution in [0.5, 0.6) is 0 Å². The number of amides is 1. The number of benzene rings is 1. The van der Waals surface area contributed by atoms with Gasteiger partial charge in [-0.05, 0) is 18.6 Å². The molecule has 1 aromatic carbocycles. The molecule has 2 N–H and O–H groups in total. The molecular weight excluding hydrogens is 278 g/mol. The van der Waals surface area contributed by atoms with Crippen molar-refractivity contribution in [2.45, 2.75) is 19.8 Å². The van der Waals surface area contributed by atoms with Crippen molar-refractivity contribution < 1.29 is 4.79 Å². The van der Waals surface area contributed by atoms with E-state index in [1.807, 2.05) is 6.07 Å².